The van der Waals surface area contributed by atoms with Crippen LogP contribution in [0.25, 0.3) is 11.1 Å². The number of benzene rings is 1. The molecular weight excluding hydrogens is 352 g/mol. The van der Waals surface area contributed by atoms with Crippen LogP contribution in [0.2, 0.25) is 5.02 Å². The van der Waals surface area contributed by atoms with E-state index in [-0.39, 0.29) is 0 Å². The van der Waals surface area contributed by atoms with Crippen LogP contribution in [0, 0.1) is 19.8 Å². The Labute approximate surface area is 169 Å². The lowest BCUT2D eigenvalue weighted by atomic mass is 9.94. The second-order valence-electron chi connectivity index (χ2n) is 8.54. The Morgan fingerprint density at radius 2 is 1.85 bits per heavy atom. The van der Waals surface area contributed by atoms with Crippen LogP contribution < -0.4 is 0 Å². The molecule has 1 aromatic carbocycles. The van der Waals surface area contributed by atoms with Crippen molar-refractivity contribution in [3.8, 4) is 11.1 Å². The van der Waals surface area contributed by atoms with Crippen molar-refractivity contribution in [1.82, 2.24) is 9.88 Å². The fourth-order valence-electron chi connectivity index (χ4n) is 4.99. The van der Waals surface area contributed by atoms with E-state index in [1.807, 2.05) is 6.92 Å². The highest BCUT2D eigenvalue weighted by Gasteiger charge is 2.29. The van der Waals surface area contributed by atoms with E-state index < -0.39 is 0 Å². The molecule has 0 N–H and O–H groups in total. The van der Waals surface area contributed by atoms with E-state index in [0.717, 1.165) is 34.8 Å². The molecule has 0 radical (unpaired) electrons. The van der Waals surface area contributed by atoms with Crippen LogP contribution >= 0.6 is 11.6 Å². The van der Waals surface area contributed by atoms with Gasteiger partial charge >= 0.3 is 0 Å². The van der Waals surface area contributed by atoms with Crippen molar-refractivity contribution >= 4 is 11.6 Å². The van der Waals surface area contributed by atoms with Gasteiger partial charge in [0.1, 0.15) is 0 Å². The molecule has 2 heterocycles. The molecule has 1 saturated heterocycles. The number of likely N-dealkylation sites (tertiary alicyclic amines) is 1. The number of aromatic nitrogens is 1. The van der Waals surface area contributed by atoms with Crippen molar-refractivity contribution in [3.63, 3.8) is 0 Å². The second kappa shape index (κ2) is 8.32. The van der Waals surface area contributed by atoms with Gasteiger partial charge in [0.05, 0.1) is 0 Å². The van der Waals surface area contributed by atoms with Crippen LogP contribution in [-0.4, -0.2) is 29.0 Å². The fourth-order valence-corrected chi connectivity index (χ4v) is 5.25. The molecule has 1 aromatic heterocycles. The van der Waals surface area contributed by atoms with Crippen molar-refractivity contribution in [2.45, 2.75) is 64.8 Å². The molecule has 0 bridgehead atoms. The predicted molar refractivity (Wildman–Crippen MR) is 114 cm³/mol. The van der Waals surface area contributed by atoms with Crippen LogP contribution in [0.1, 0.15) is 55.5 Å². The molecule has 144 valence electrons. The minimum Gasteiger partial charge on any atom is -0.300 e. The predicted octanol–water partition coefficient (Wildman–Crippen LogP) is 6.22. The first kappa shape index (κ1) is 19.0. The van der Waals surface area contributed by atoms with E-state index in [1.165, 1.54) is 68.3 Å². The molecule has 2 nitrogen and oxygen atoms in total. The Kier molecular flexibility index (Phi) is 5.85. The maximum atomic E-state index is 6.69. The molecule has 3 heteroatoms. The largest absolute Gasteiger partial charge is 0.300 e. The molecule has 2 aromatic rings. The van der Waals surface area contributed by atoms with Gasteiger partial charge in [0.25, 0.3) is 0 Å². The maximum absolute atomic E-state index is 6.69. The molecule has 4 rings (SSSR count). The number of pyridine rings is 1. The maximum Gasteiger partial charge on any atom is 0.0454 e. The molecule has 1 saturated carbocycles. The Bertz CT molecular complexity index is 795. The first-order valence-corrected chi connectivity index (χ1v) is 10.9. The van der Waals surface area contributed by atoms with E-state index in [2.05, 4.69) is 47.1 Å². The molecule has 1 atom stereocenters. The Hall–Kier alpha value is -1.38. The molecule has 0 amide bonds. The monoisotopic (exact) mass is 382 g/mol. The van der Waals surface area contributed by atoms with E-state index >= 15 is 0 Å². The van der Waals surface area contributed by atoms with Gasteiger partial charge in [-0.05, 0) is 75.3 Å². The summed E-state index contributed by atoms with van der Waals surface area (Å²) in [5, 5.41) is 0.906. The van der Waals surface area contributed by atoms with Crippen molar-refractivity contribution in [2.75, 3.05) is 13.1 Å². The van der Waals surface area contributed by atoms with Crippen molar-refractivity contribution in [3.05, 3.63) is 52.3 Å². The molecule has 1 aliphatic carbocycles. The van der Waals surface area contributed by atoms with Gasteiger partial charge in [-0.25, -0.2) is 0 Å². The summed E-state index contributed by atoms with van der Waals surface area (Å²) in [5.74, 6) is 0.748. The summed E-state index contributed by atoms with van der Waals surface area (Å²) in [7, 11) is 0. The number of nitrogens with zero attached hydrogens (tertiary/aromatic N) is 2. The minimum atomic E-state index is 0.748. The van der Waals surface area contributed by atoms with Crippen LogP contribution in [-0.2, 0) is 6.42 Å². The third kappa shape index (κ3) is 4.38. The Balaban J connectivity index is 1.43. The summed E-state index contributed by atoms with van der Waals surface area (Å²) < 4.78 is 0. The summed E-state index contributed by atoms with van der Waals surface area (Å²) in [4.78, 5) is 7.35. The number of hydrogen-bond donors (Lipinski definition) is 0. The van der Waals surface area contributed by atoms with Crippen molar-refractivity contribution < 1.29 is 0 Å². The van der Waals surface area contributed by atoms with Crippen molar-refractivity contribution in [1.29, 1.82) is 0 Å². The van der Waals surface area contributed by atoms with Gasteiger partial charge in [-0.2, -0.15) is 0 Å². The van der Waals surface area contributed by atoms with Gasteiger partial charge in [0.15, 0.2) is 0 Å². The zero-order chi connectivity index (χ0) is 18.8. The highest BCUT2D eigenvalue weighted by Crippen LogP contribution is 2.32. The average Bonchev–Trinajstić information content (AvgIpc) is 3.13. The molecule has 1 unspecified atom stereocenters. The van der Waals surface area contributed by atoms with E-state index in [4.69, 9.17) is 11.6 Å². The Morgan fingerprint density at radius 3 is 2.59 bits per heavy atom. The van der Waals surface area contributed by atoms with E-state index in [9.17, 15) is 0 Å². The third-order valence-electron chi connectivity index (χ3n) is 6.51. The first-order valence-electron chi connectivity index (χ1n) is 10.6. The van der Waals surface area contributed by atoms with E-state index in [1.54, 1.807) is 0 Å². The lowest BCUT2D eigenvalue weighted by Crippen LogP contribution is -2.35. The number of hydrogen-bond acceptors (Lipinski definition) is 2. The second-order valence-corrected chi connectivity index (χ2v) is 8.94. The standard InChI is InChI=1S/C24H31ClN2/c1-17-8-11-23(18(2)26-17)20-9-10-21(24(25)15-20)14-19-12-13-27(16-19)22-6-4-3-5-7-22/h8-11,15,19,22H,3-7,12-14,16H2,1-2H3. The van der Waals surface area contributed by atoms with Crippen LogP contribution in [0.15, 0.2) is 30.3 Å². The molecular formula is C24H31ClN2. The molecule has 1 aliphatic heterocycles. The molecule has 2 aliphatic rings. The smallest absolute Gasteiger partial charge is 0.0454 e. The van der Waals surface area contributed by atoms with E-state index in [0.29, 0.717) is 0 Å². The average molecular weight is 383 g/mol. The number of rotatable bonds is 4. The summed E-state index contributed by atoms with van der Waals surface area (Å²) in [5.41, 5.74) is 5.77. The minimum absolute atomic E-state index is 0.748. The summed E-state index contributed by atoms with van der Waals surface area (Å²) in [6.07, 6.45) is 9.52. The van der Waals surface area contributed by atoms with Crippen molar-refractivity contribution in [2.24, 2.45) is 5.92 Å². The normalized spacial score (nSPS) is 21.7. The molecule has 0 spiro atoms. The van der Waals surface area contributed by atoms with Gasteiger partial charge in [-0.15, -0.1) is 0 Å². The highest BCUT2D eigenvalue weighted by atomic mass is 35.5. The van der Waals surface area contributed by atoms with Crippen LogP contribution in [0.3, 0.4) is 0 Å². The van der Waals surface area contributed by atoms with Crippen LogP contribution in [0.4, 0.5) is 0 Å². The quantitative estimate of drug-likeness (QED) is 0.624. The van der Waals surface area contributed by atoms with Gasteiger partial charge in [-0.1, -0.05) is 49.1 Å². The van der Waals surface area contributed by atoms with Gasteiger partial charge in [0, 0.05) is 34.6 Å². The van der Waals surface area contributed by atoms with Crippen LogP contribution in [0.5, 0.6) is 0 Å². The number of aryl methyl sites for hydroxylation is 2. The fraction of sp³-hybridized carbons (Fsp3) is 0.542. The topological polar surface area (TPSA) is 16.1 Å². The zero-order valence-corrected chi connectivity index (χ0v) is 17.4. The highest BCUT2D eigenvalue weighted by molar-refractivity contribution is 6.31. The van der Waals surface area contributed by atoms with Gasteiger partial charge in [-0.3, -0.25) is 4.98 Å². The zero-order valence-electron chi connectivity index (χ0n) is 16.7. The molecule has 27 heavy (non-hydrogen) atoms. The SMILES string of the molecule is Cc1ccc(-c2ccc(CC3CCN(C4CCCCC4)C3)c(Cl)c2)c(C)n1. The summed E-state index contributed by atoms with van der Waals surface area (Å²) in [6.45, 7) is 6.64. The first-order chi connectivity index (χ1) is 13.1. The number of halogens is 1. The lowest BCUT2D eigenvalue weighted by Gasteiger charge is -2.31. The summed E-state index contributed by atoms with van der Waals surface area (Å²) in [6, 6.07) is 11.7. The van der Waals surface area contributed by atoms with Gasteiger partial charge < -0.3 is 4.90 Å². The summed E-state index contributed by atoms with van der Waals surface area (Å²) >= 11 is 6.69. The third-order valence-corrected chi connectivity index (χ3v) is 6.86. The molecule has 2 fully saturated rings. The van der Waals surface area contributed by atoms with Gasteiger partial charge in [0.2, 0.25) is 0 Å². The lowest BCUT2D eigenvalue weighted by molar-refractivity contribution is 0.185. The Morgan fingerprint density at radius 1 is 1.04 bits per heavy atom.